The van der Waals surface area contributed by atoms with Gasteiger partial charge in [-0.25, -0.2) is 13.4 Å². The van der Waals surface area contributed by atoms with E-state index in [4.69, 9.17) is 0 Å². The molecule has 1 rings (SSSR count). The van der Waals surface area contributed by atoms with Crippen LogP contribution in [0.4, 0.5) is 0 Å². The number of nitrogens with one attached hydrogen (secondary N) is 1. The van der Waals surface area contributed by atoms with Crippen molar-refractivity contribution >= 4 is 31.7 Å². The fourth-order valence-corrected chi connectivity index (χ4v) is 1.83. The zero-order valence-electron chi connectivity index (χ0n) is 8.60. The number of halogens is 1. The second kappa shape index (κ2) is 5.40. The summed E-state index contributed by atoms with van der Waals surface area (Å²) in [6.07, 6.45) is 2.62. The van der Waals surface area contributed by atoms with Gasteiger partial charge in [-0.15, -0.1) is 0 Å². The highest BCUT2D eigenvalue weighted by molar-refractivity contribution is 9.10. The molecular formula is C9H11BrN2O3S. The maximum absolute atomic E-state index is 11.5. The van der Waals surface area contributed by atoms with Crippen LogP contribution >= 0.6 is 15.9 Å². The molecule has 1 aromatic heterocycles. The maximum atomic E-state index is 11.5. The van der Waals surface area contributed by atoms with Gasteiger partial charge in [-0.05, 0) is 28.1 Å². The number of amides is 1. The van der Waals surface area contributed by atoms with E-state index in [-0.39, 0.29) is 18.2 Å². The molecule has 0 fully saturated rings. The zero-order valence-corrected chi connectivity index (χ0v) is 11.0. The van der Waals surface area contributed by atoms with Crippen LogP contribution < -0.4 is 5.32 Å². The van der Waals surface area contributed by atoms with Crippen molar-refractivity contribution in [2.75, 3.05) is 18.6 Å². The molecule has 0 saturated heterocycles. The number of pyridine rings is 1. The van der Waals surface area contributed by atoms with E-state index in [1.54, 1.807) is 12.1 Å². The third kappa shape index (κ3) is 4.71. The Morgan fingerprint density at radius 1 is 1.56 bits per heavy atom. The average Bonchev–Trinajstić information content (AvgIpc) is 2.15. The van der Waals surface area contributed by atoms with E-state index >= 15 is 0 Å². The summed E-state index contributed by atoms with van der Waals surface area (Å²) in [5, 5.41) is 2.52. The number of sulfone groups is 1. The van der Waals surface area contributed by atoms with Crippen LogP contribution in [0.2, 0.25) is 0 Å². The van der Waals surface area contributed by atoms with Crippen molar-refractivity contribution in [3.8, 4) is 0 Å². The minimum atomic E-state index is -3.05. The summed E-state index contributed by atoms with van der Waals surface area (Å²) in [5.41, 5.74) is 0.440. The summed E-state index contributed by atoms with van der Waals surface area (Å²) < 4.78 is 22.2. The molecule has 0 bridgehead atoms. The molecule has 0 aliphatic heterocycles. The first-order valence-electron chi connectivity index (χ1n) is 4.46. The van der Waals surface area contributed by atoms with Crippen LogP contribution in [0.3, 0.4) is 0 Å². The van der Waals surface area contributed by atoms with Gasteiger partial charge in [-0.2, -0.15) is 0 Å². The molecule has 0 unspecified atom stereocenters. The summed E-state index contributed by atoms with van der Waals surface area (Å²) in [6, 6.07) is 3.12. The van der Waals surface area contributed by atoms with Crippen LogP contribution in [0.1, 0.15) is 10.4 Å². The molecule has 88 valence electrons. The van der Waals surface area contributed by atoms with Gasteiger partial charge in [0.1, 0.15) is 14.4 Å². The summed E-state index contributed by atoms with van der Waals surface area (Å²) >= 11 is 3.14. The topological polar surface area (TPSA) is 76.1 Å². The van der Waals surface area contributed by atoms with Crippen molar-refractivity contribution in [2.45, 2.75) is 0 Å². The second-order valence-corrected chi connectivity index (χ2v) is 6.33. The fourth-order valence-electron chi connectivity index (χ4n) is 0.996. The normalized spacial score (nSPS) is 11.1. The van der Waals surface area contributed by atoms with Crippen molar-refractivity contribution in [3.05, 3.63) is 28.5 Å². The molecule has 0 aliphatic rings. The number of aromatic nitrogens is 1. The van der Waals surface area contributed by atoms with Gasteiger partial charge < -0.3 is 5.32 Å². The molecule has 0 radical (unpaired) electrons. The van der Waals surface area contributed by atoms with Gasteiger partial charge in [0.25, 0.3) is 5.91 Å². The smallest absolute Gasteiger partial charge is 0.251 e. The van der Waals surface area contributed by atoms with E-state index in [1.807, 2.05) is 0 Å². The minimum Gasteiger partial charge on any atom is -0.351 e. The SMILES string of the molecule is CS(=O)(=O)CCNC(=O)c1ccnc(Br)c1. The van der Waals surface area contributed by atoms with Crippen molar-refractivity contribution < 1.29 is 13.2 Å². The predicted octanol–water partition coefficient (Wildman–Crippen LogP) is 0.618. The first kappa shape index (κ1) is 13.1. The van der Waals surface area contributed by atoms with Gasteiger partial charge in [-0.1, -0.05) is 0 Å². The molecule has 7 heteroatoms. The van der Waals surface area contributed by atoms with Gasteiger partial charge >= 0.3 is 0 Å². The van der Waals surface area contributed by atoms with E-state index in [0.29, 0.717) is 10.2 Å². The third-order valence-corrected chi connectivity index (χ3v) is 3.13. The van der Waals surface area contributed by atoms with Crippen molar-refractivity contribution in [3.63, 3.8) is 0 Å². The third-order valence-electron chi connectivity index (χ3n) is 1.75. The van der Waals surface area contributed by atoms with Gasteiger partial charge in [-0.3, -0.25) is 4.79 Å². The molecule has 5 nitrogen and oxygen atoms in total. The number of rotatable bonds is 4. The van der Waals surface area contributed by atoms with Crippen LogP contribution in [0, 0.1) is 0 Å². The molecule has 1 N–H and O–H groups in total. The lowest BCUT2D eigenvalue weighted by Crippen LogP contribution is -2.28. The molecule has 0 atom stereocenters. The van der Waals surface area contributed by atoms with Crippen LogP contribution in [0.25, 0.3) is 0 Å². The first-order valence-corrected chi connectivity index (χ1v) is 7.31. The molecule has 16 heavy (non-hydrogen) atoms. The molecule has 0 aromatic carbocycles. The summed E-state index contributed by atoms with van der Waals surface area (Å²) in [6.45, 7) is 0.109. The van der Waals surface area contributed by atoms with Gasteiger partial charge in [0.15, 0.2) is 0 Å². The Morgan fingerprint density at radius 2 is 2.25 bits per heavy atom. The van der Waals surface area contributed by atoms with Crippen LogP contribution in [0.15, 0.2) is 22.9 Å². The summed E-state index contributed by atoms with van der Waals surface area (Å²) in [5.74, 6) is -0.378. The van der Waals surface area contributed by atoms with Crippen molar-refractivity contribution in [1.82, 2.24) is 10.3 Å². The quantitative estimate of drug-likeness (QED) is 0.827. The number of carbonyl (C=O) groups is 1. The molecule has 1 aromatic rings. The monoisotopic (exact) mass is 306 g/mol. The highest BCUT2D eigenvalue weighted by Gasteiger charge is 2.07. The first-order chi connectivity index (χ1) is 7.38. The number of hydrogen-bond acceptors (Lipinski definition) is 4. The molecule has 0 saturated carbocycles. The highest BCUT2D eigenvalue weighted by atomic mass is 79.9. The lowest BCUT2D eigenvalue weighted by atomic mass is 10.2. The largest absolute Gasteiger partial charge is 0.351 e. The van der Waals surface area contributed by atoms with E-state index in [0.717, 1.165) is 6.26 Å². The van der Waals surface area contributed by atoms with E-state index in [1.165, 1.54) is 6.20 Å². The molecular weight excluding hydrogens is 296 g/mol. The Hall–Kier alpha value is -0.950. The summed E-state index contributed by atoms with van der Waals surface area (Å²) in [7, 11) is -3.05. The Morgan fingerprint density at radius 3 is 2.81 bits per heavy atom. The lowest BCUT2D eigenvalue weighted by molar-refractivity contribution is 0.0956. The lowest BCUT2D eigenvalue weighted by Gasteiger charge is -2.04. The van der Waals surface area contributed by atoms with Gasteiger partial charge in [0.2, 0.25) is 0 Å². The van der Waals surface area contributed by atoms with Gasteiger partial charge in [0.05, 0.1) is 5.75 Å². The van der Waals surface area contributed by atoms with Crippen LogP contribution in [0.5, 0.6) is 0 Å². The minimum absolute atomic E-state index is 0.0645. The Labute approximate surface area is 102 Å². The average molecular weight is 307 g/mol. The van der Waals surface area contributed by atoms with E-state index in [2.05, 4.69) is 26.2 Å². The van der Waals surface area contributed by atoms with Gasteiger partial charge in [0, 0.05) is 24.6 Å². The molecule has 0 spiro atoms. The van der Waals surface area contributed by atoms with Crippen molar-refractivity contribution in [2.24, 2.45) is 0 Å². The van der Waals surface area contributed by atoms with Crippen molar-refractivity contribution in [1.29, 1.82) is 0 Å². The fraction of sp³-hybridized carbons (Fsp3) is 0.333. The Kier molecular flexibility index (Phi) is 4.43. The van der Waals surface area contributed by atoms with E-state index < -0.39 is 9.84 Å². The summed E-state index contributed by atoms with van der Waals surface area (Å²) in [4.78, 5) is 15.4. The molecule has 1 heterocycles. The Balaban J connectivity index is 2.54. The zero-order chi connectivity index (χ0) is 12.2. The maximum Gasteiger partial charge on any atom is 0.251 e. The number of nitrogens with zero attached hydrogens (tertiary/aromatic N) is 1. The predicted molar refractivity (Wildman–Crippen MR) is 64.0 cm³/mol. The number of hydrogen-bond donors (Lipinski definition) is 1. The standard InChI is InChI=1S/C9H11BrN2O3S/c1-16(14,15)5-4-12-9(13)7-2-3-11-8(10)6-7/h2-3,6H,4-5H2,1H3,(H,12,13). The van der Waals surface area contributed by atoms with E-state index in [9.17, 15) is 13.2 Å². The second-order valence-electron chi connectivity index (χ2n) is 3.25. The van der Waals surface area contributed by atoms with Crippen LogP contribution in [-0.4, -0.2) is 37.9 Å². The molecule has 1 amide bonds. The highest BCUT2D eigenvalue weighted by Crippen LogP contribution is 2.07. The number of carbonyl (C=O) groups excluding carboxylic acids is 1. The van der Waals surface area contributed by atoms with Crippen LogP contribution in [-0.2, 0) is 9.84 Å². The molecule has 0 aliphatic carbocycles. The Bertz CT molecular complexity index is 487.